The van der Waals surface area contributed by atoms with Gasteiger partial charge in [0.25, 0.3) is 0 Å². The maximum absolute atomic E-state index is 13.3. The maximum Gasteiger partial charge on any atom is 0.232 e. The van der Waals surface area contributed by atoms with E-state index >= 15 is 0 Å². The van der Waals surface area contributed by atoms with Crippen molar-refractivity contribution in [2.75, 3.05) is 12.0 Å². The highest BCUT2D eigenvalue weighted by Gasteiger charge is 2.40. The number of para-hydroxylation sites is 1. The summed E-state index contributed by atoms with van der Waals surface area (Å²) < 4.78 is 5.52. The first-order chi connectivity index (χ1) is 13.5. The van der Waals surface area contributed by atoms with Gasteiger partial charge in [-0.1, -0.05) is 35.9 Å². The second kappa shape index (κ2) is 7.44. The van der Waals surface area contributed by atoms with E-state index in [9.17, 15) is 9.59 Å². The molecule has 2 aromatic carbocycles. The number of ketones is 1. The number of allylic oxidation sites excluding steroid dienone is 2. The molecule has 5 heteroatoms. The van der Waals surface area contributed by atoms with E-state index in [0.29, 0.717) is 23.6 Å². The summed E-state index contributed by atoms with van der Waals surface area (Å²) in [5.41, 5.74) is 4.17. The van der Waals surface area contributed by atoms with Crippen LogP contribution in [0.15, 0.2) is 53.7 Å². The number of ether oxygens (including phenoxy) is 1. The molecule has 4 nitrogen and oxygen atoms in total. The maximum atomic E-state index is 13.3. The van der Waals surface area contributed by atoms with Crippen molar-refractivity contribution in [2.24, 2.45) is 0 Å². The number of carbonyl (C=O) groups excluding carboxylic acids is 2. The molecule has 4 rings (SSSR count). The van der Waals surface area contributed by atoms with Crippen molar-refractivity contribution in [3.05, 3.63) is 69.9 Å². The summed E-state index contributed by atoms with van der Waals surface area (Å²) in [5, 5.41) is 0.574. The Morgan fingerprint density at radius 2 is 1.89 bits per heavy atom. The lowest BCUT2D eigenvalue weighted by atomic mass is 9.76. The zero-order chi connectivity index (χ0) is 19.8. The molecule has 1 heterocycles. The molecule has 1 amide bonds. The molecule has 2 aromatic rings. The fourth-order valence-electron chi connectivity index (χ4n) is 4.32. The number of halogens is 1. The van der Waals surface area contributed by atoms with Gasteiger partial charge < -0.3 is 4.74 Å². The fraction of sp³-hybridized carbons (Fsp3) is 0.304. The van der Waals surface area contributed by atoms with Crippen LogP contribution in [0.2, 0.25) is 5.02 Å². The molecule has 0 bridgehead atoms. The molecule has 0 saturated carbocycles. The second-order valence-corrected chi connectivity index (χ2v) is 7.73. The topological polar surface area (TPSA) is 46.6 Å². The van der Waals surface area contributed by atoms with Crippen LogP contribution in [-0.4, -0.2) is 18.8 Å². The molecule has 1 unspecified atom stereocenters. The van der Waals surface area contributed by atoms with Crippen molar-refractivity contribution in [1.29, 1.82) is 0 Å². The number of aryl methyl sites for hydroxylation is 1. The highest BCUT2D eigenvalue weighted by Crippen LogP contribution is 2.46. The molecule has 0 fully saturated rings. The zero-order valence-electron chi connectivity index (χ0n) is 16.0. The number of benzene rings is 2. The number of hydrogen-bond acceptors (Lipinski definition) is 3. The molecular weight excluding hydrogens is 374 g/mol. The number of Topliss-reactive ketones (excluding diaryl/α,β-unsaturated/α-hetero) is 1. The molecule has 1 aliphatic carbocycles. The smallest absolute Gasteiger partial charge is 0.232 e. The average Bonchev–Trinajstić information content (AvgIpc) is 2.69. The Balaban J connectivity index is 1.91. The van der Waals surface area contributed by atoms with Gasteiger partial charge in [0.05, 0.1) is 12.8 Å². The van der Waals surface area contributed by atoms with E-state index in [-0.39, 0.29) is 24.0 Å². The number of amides is 1. The molecule has 0 N–H and O–H groups in total. The van der Waals surface area contributed by atoms with Gasteiger partial charge in [-0.2, -0.15) is 0 Å². The number of rotatable bonds is 3. The lowest BCUT2D eigenvalue weighted by Crippen LogP contribution is -2.41. The van der Waals surface area contributed by atoms with Crippen LogP contribution in [-0.2, 0) is 9.59 Å². The first kappa shape index (κ1) is 18.8. The minimum atomic E-state index is -0.276. The highest BCUT2D eigenvalue weighted by molar-refractivity contribution is 6.31. The van der Waals surface area contributed by atoms with Crippen LogP contribution >= 0.6 is 11.6 Å². The van der Waals surface area contributed by atoms with Gasteiger partial charge in [-0.3, -0.25) is 14.5 Å². The van der Waals surface area contributed by atoms with Gasteiger partial charge in [-0.25, -0.2) is 0 Å². The summed E-state index contributed by atoms with van der Waals surface area (Å²) in [6.45, 7) is 1.95. The number of hydrogen-bond donors (Lipinski definition) is 0. The van der Waals surface area contributed by atoms with Gasteiger partial charge in [0.1, 0.15) is 5.75 Å². The van der Waals surface area contributed by atoms with Gasteiger partial charge >= 0.3 is 0 Å². The largest absolute Gasteiger partial charge is 0.496 e. The highest BCUT2D eigenvalue weighted by atomic mass is 35.5. The SMILES string of the molecule is COc1ccccc1C1CC(=O)N(c2cc(Cl)ccc2C)C2=C1C(=O)CCC2. The lowest BCUT2D eigenvalue weighted by Gasteiger charge is -2.39. The lowest BCUT2D eigenvalue weighted by molar-refractivity contribution is -0.119. The van der Waals surface area contributed by atoms with Gasteiger partial charge in [-0.15, -0.1) is 0 Å². The van der Waals surface area contributed by atoms with Crippen molar-refractivity contribution < 1.29 is 14.3 Å². The molecule has 0 saturated heterocycles. The Morgan fingerprint density at radius 1 is 1.11 bits per heavy atom. The van der Waals surface area contributed by atoms with Crippen LogP contribution in [0.25, 0.3) is 0 Å². The zero-order valence-corrected chi connectivity index (χ0v) is 16.8. The number of anilines is 1. The van der Waals surface area contributed by atoms with Crippen LogP contribution in [0.4, 0.5) is 5.69 Å². The molecule has 144 valence electrons. The van der Waals surface area contributed by atoms with Gasteiger partial charge in [-0.05, 0) is 43.5 Å². The number of methoxy groups -OCH3 is 1. The van der Waals surface area contributed by atoms with E-state index < -0.39 is 0 Å². The van der Waals surface area contributed by atoms with Gasteiger partial charge in [0.15, 0.2) is 5.78 Å². The van der Waals surface area contributed by atoms with Gasteiger partial charge in [0, 0.05) is 40.6 Å². The van der Waals surface area contributed by atoms with E-state index in [2.05, 4.69) is 0 Å². The van der Waals surface area contributed by atoms with Crippen LogP contribution in [0, 0.1) is 6.92 Å². The van der Waals surface area contributed by atoms with E-state index in [1.165, 1.54) is 0 Å². The Hall–Kier alpha value is -2.59. The summed E-state index contributed by atoms with van der Waals surface area (Å²) in [6, 6.07) is 13.2. The van der Waals surface area contributed by atoms with Gasteiger partial charge in [0.2, 0.25) is 5.91 Å². The molecule has 0 aromatic heterocycles. The molecule has 0 radical (unpaired) electrons. The molecular formula is C23H22ClNO3. The normalized spacial score (nSPS) is 19.7. The first-order valence-corrected chi connectivity index (χ1v) is 9.87. The minimum Gasteiger partial charge on any atom is -0.496 e. The van der Waals surface area contributed by atoms with Crippen molar-refractivity contribution in [2.45, 2.75) is 38.5 Å². The first-order valence-electron chi connectivity index (χ1n) is 9.49. The van der Waals surface area contributed by atoms with Crippen molar-refractivity contribution >= 4 is 29.0 Å². The Bertz CT molecular complexity index is 995. The molecule has 2 aliphatic rings. The van der Waals surface area contributed by atoms with Crippen LogP contribution in [0.3, 0.4) is 0 Å². The van der Waals surface area contributed by atoms with E-state index in [1.807, 2.05) is 49.4 Å². The quantitative estimate of drug-likeness (QED) is 0.718. The van der Waals surface area contributed by atoms with Crippen molar-refractivity contribution in [3.63, 3.8) is 0 Å². The summed E-state index contributed by atoms with van der Waals surface area (Å²) in [4.78, 5) is 28.0. The number of nitrogens with zero attached hydrogens (tertiary/aromatic N) is 1. The predicted molar refractivity (Wildman–Crippen MR) is 110 cm³/mol. The third-order valence-electron chi connectivity index (χ3n) is 5.60. The summed E-state index contributed by atoms with van der Waals surface area (Å²) in [6.07, 6.45) is 2.20. The van der Waals surface area contributed by atoms with Crippen molar-refractivity contribution in [3.8, 4) is 5.75 Å². The fourth-order valence-corrected chi connectivity index (χ4v) is 4.48. The average molecular weight is 396 g/mol. The molecule has 1 aliphatic heterocycles. The third kappa shape index (κ3) is 3.12. The standard InChI is InChI=1S/C23H22ClNO3/c1-14-10-11-15(24)12-19(14)25-18-7-5-8-20(26)23(18)17(13-22(25)27)16-6-3-4-9-21(16)28-2/h3-4,6,9-12,17H,5,7-8,13H2,1-2H3. The van der Waals surface area contributed by atoms with E-state index in [0.717, 1.165) is 34.5 Å². The Morgan fingerprint density at radius 3 is 2.68 bits per heavy atom. The van der Waals surface area contributed by atoms with Crippen molar-refractivity contribution in [1.82, 2.24) is 0 Å². The number of carbonyl (C=O) groups is 2. The monoisotopic (exact) mass is 395 g/mol. The van der Waals surface area contributed by atoms with Crippen LogP contribution in [0.1, 0.15) is 42.7 Å². The predicted octanol–water partition coefficient (Wildman–Crippen LogP) is 5.18. The Labute approximate surface area is 169 Å². The minimum absolute atomic E-state index is 0.0188. The second-order valence-electron chi connectivity index (χ2n) is 7.30. The van der Waals surface area contributed by atoms with E-state index in [1.54, 1.807) is 12.0 Å². The van der Waals surface area contributed by atoms with Crippen LogP contribution < -0.4 is 9.64 Å². The molecule has 0 spiro atoms. The molecule has 28 heavy (non-hydrogen) atoms. The Kier molecular flexibility index (Phi) is 4.98. The summed E-state index contributed by atoms with van der Waals surface area (Å²) >= 11 is 6.21. The van der Waals surface area contributed by atoms with Crippen LogP contribution in [0.5, 0.6) is 5.75 Å². The summed E-state index contributed by atoms with van der Waals surface area (Å²) in [7, 11) is 1.61. The van der Waals surface area contributed by atoms with E-state index in [4.69, 9.17) is 16.3 Å². The summed E-state index contributed by atoms with van der Waals surface area (Å²) in [5.74, 6) is 0.532. The third-order valence-corrected chi connectivity index (χ3v) is 5.84. The molecule has 1 atom stereocenters.